The zero-order valence-electron chi connectivity index (χ0n) is 10.9. The van der Waals surface area contributed by atoms with E-state index in [2.05, 4.69) is 26.5 Å². The normalized spacial score (nSPS) is 11.6. The second-order valence-corrected chi connectivity index (χ2v) is 4.99. The number of benzene rings is 1. The van der Waals surface area contributed by atoms with Crippen LogP contribution in [0.3, 0.4) is 0 Å². The molecule has 0 aliphatic rings. The molecule has 0 spiro atoms. The van der Waals surface area contributed by atoms with Crippen molar-refractivity contribution in [3.05, 3.63) is 30.1 Å². The highest BCUT2D eigenvalue weighted by atomic mass is 32.1. The Hall–Kier alpha value is -0.700. The molecule has 96 valence electrons. The summed E-state index contributed by atoms with van der Waals surface area (Å²) in [7, 11) is 1.95. The van der Waals surface area contributed by atoms with Crippen molar-refractivity contribution >= 4 is 18.3 Å². The Morgan fingerprint density at radius 1 is 1.24 bits per heavy atom. The Bertz CT molecular complexity index is 342. The van der Waals surface area contributed by atoms with Gasteiger partial charge in [-0.1, -0.05) is 26.0 Å². The third-order valence-corrected chi connectivity index (χ3v) is 4.34. The van der Waals surface area contributed by atoms with Gasteiger partial charge in [0.25, 0.3) is 0 Å². The highest BCUT2D eigenvalue weighted by molar-refractivity contribution is 7.80. The Morgan fingerprint density at radius 3 is 2.29 bits per heavy atom. The molecular formula is C14H22FNS. The second kappa shape index (κ2) is 6.29. The van der Waals surface area contributed by atoms with Gasteiger partial charge in [0.05, 0.1) is 5.69 Å². The van der Waals surface area contributed by atoms with E-state index in [0.29, 0.717) is 5.69 Å². The third-order valence-electron chi connectivity index (χ3n) is 3.67. The summed E-state index contributed by atoms with van der Waals surface area (Å²) in [5.41, 5.74) is 0.834. The number of nitrogens with zero attached hydrogens (tertiary/aromatic N) is 1. The minimum absolute atomic E-state index is 0.157. The highest BCUT2D eigenvalue weighted by Crippen LogP contribution is 2.31. The fourth-order valence-electron chi connectivity index (χ4n) is 2.10. The van der Waals surface area contributed by atoms with Gasteiger partial charge < -0.3 is 4.90 Å². The maximum Gasteiger partial charge on any atom is 0.146 e. The molecule has 0 saturated heterocycles. The summed E-state index contributed by atoms with van der Waals surface area (Å²) >= 11 is 4.45. The number of para-hydroxylation sites is 1. The summed E-state index contributed by atoms with van der Waals surface area (Å²) in [5, 5.41) is 0. The average molecular weight is 255 g/mol. The highest BCUT2D eigenvalue weighted by Gasteiger charge is 2.26. The maximum absolute atomic E-state index is 13.7. The smallest absolute Gasteiger partial charge is 0.146 e. The second-order valence-electron chi connectivity index (χ2n) is 4.67. The fraction of sp³-hybridized carbons (Fsp3) is 0.571. The van der Waals surface area contributed by atoms with Crippen molar-refractivity contribution in [3.8, 4) is 0 Å². The molecule has 0 unspecified atom stereocenters. The van der Waals surface area contributed by atoms with Gasteiger partial charge in [-0.2, -0.15) is 12.6 Å². The van der Waals surface area contributed by atoms with Gasteiger partial charge in [-0.15, -0.1) is 0 Å². The fourth-order valence-corrected chi connectivity index (χ4v) is 2.64. The van der Waals surface area contributed by atoms with Crippen LogP contribution in [0.5, 0.6) is 0 Å². The van der Waals surface area contributed by atoms with Gasteiger partial charge in [0, 0.05) is 13.6 Å². The van der Waals surface area contributed by atoms with Crippen molar-refractivity contribution in [1.82, 2.24) is 0 Å². The van der Waals surface area contributed by atoms with Gasteiger partial charge in [-0.3, -0.25) is 0 Å². The van der Waals surface area contributed by atoms with Crippen molar-refractivity contribution in [2.75, 3.05) is 24.2 Å². The van der Waals surface area contributed by atoms with E-state index in [0.717, 1.165) is 25.1 Å². The van der Waals surface area contributed by atoms with Crippen molar-refractivity contribution in [1.29, 1.82) is 0 Å². The van der Waals surface area contributed by atoms with E-state index in [-0.39, 0.29) is 11.2 Å². The molecule has 0 saturated carbocycles. The minimum atomic E-state index is -0.157. The number of hydrogen-bond donors (Lipinski definition) is 1. The summed E-state index contributed by atoms with van der Waals surface area (Å²) in [6.07, 6.45) is 2.12. The van der Waals surface area contributed by atoms with Crippen LogP contribution in [0, 0.1) is 11.2 Å². The van der Waals surface area contributed by atoms with E-state index in [4.69, 9.17) is 0 Å². The zero-order chi connectivity index (χ0) is 12.9. The van der Waals surface area contributed by atoms with Gasteiger partial charge in [-0.05, 0) is 36.1 Å². The molecule has 0 N–H and O–H groups in total. The van der Waals surface area contributed by atoms with Gasteiger partial charge in [0.15, 0.2) is 0 Å². The van der Waals surface area contributed by atoms with Crippen LogP contribution in [0.15, 0.2) is 24.3 Å². The summed E-state index contributed by atoms with van der Waals surface area (Å²) in [6.45, 7) is 5.19. The summed E-state index contributed by atoms with van der Waals surface area (Å²) < 4.78 is 13.7. The summed E-state index contributed by atoms with van der Waals surface area (Å²) in [6, 6.07) is 6.92. The number of anilines is 1. The molecule has 17 heavy (non-hydrogen) atoms. The number of hydrogen-bond acceptors (Lipinski definition) is 2. The molecule has 0 aromatic heterocycles. The number of thiol groups is 1. The first kappa shape index (κ1) is 14.4. The van der Waals surface area contributed by atoms with Crippen molar-refractivity contribution in [2.45, 2.75) is 26.7 Å². The van der Waals surface area contributed by atoms with Gasteiger partial charge in [0.1, 0.15) is 5.82 Å². The van der Waals surface area contributed by atoms with Gasteiger partial charge in [-0.25, -0.2) is 4.39 Å². The molecule has 0 aliphatic carbocycles. The van der Waals surface area contributed by atoms with Gasteiger partial charge >= 0.3 is 0 Å². The van der Waals surface area contributed by atoms with Crippen LogP contribution in [0.25, 0.3) is 0 Å². The van der Waals surface area contributed by atoms with Crippen LogP contribution in [0.4, 0.5) is 10.1 Å². The Morgan fingerprint density at radius 2 is 1.82 bits per heavy atom. The van der Waals surface area contributed by atoms with Crippen molar-refractivity contribution in [3.63, 3.8) is 0 Å². The SMILES string of the molecule is CCC(CC)(CS)CN(C)c1ccccc1F. The summed E-state index contributed by atoms with van der Waals surface area (Å²) in [4.78, 5) is 2.00. The number of rotatable bonds is 6. The van der Waals surface area contributed by atoms with Crippen LogP contribution in [0.2, 0.25) is 0 Å². The molecule has 1 aromatic carbocycles. The molecule has 0 bridgehead atoms. The molecule has 0 heterocycles. The third kappa shape index (κ3) is 3.38. The molecule has 1 aromatic rings. The average Bonchev–Trinajstić information content (AvgIpc) is 2.36. The van der Waals surface area contributed by atoms with Crippen LogP contribution in [0.1, 0.15) is 26.7 Å². The number of halogens is 1. The van der Waals surface area contributed by atoms with E-state index in [1.165, 1.54) is 6.07 Å². The van der Waals surface area contributed by atoms with E-state index in [1.807, 2.05) is 24.1 Å². The van der Waals surface area contributed by atoms with Crippen LogP contribution >= 0.6 is 12.6 Å². The largest absolute Gasteiger partial charge is 0.372 e. The van der Waals surface area contributed by atoms with Gasteiger partial charge in [0.2, 0.25) is 0 Å². The topological polar surface area (TPSA) is 3.24 Å². The standard InChI is InChI=1S/C14H22FNS/c1-4-14(5-2,11-17)10-16(3)13-9-7-6-8-12(13)15/h6-9,17H,4-5,10-11H2,1-3H3. The molecular weight excluding hydrogens is 233 g/mol. The van der Waals surface area contributed by atoms with E-state index in [1.54, 1.807) is 6.07 Å². The molecule has 0 fully saturated rings. The molecule has 1 nitrogen and oxygen atoms in total. The first-order valence-electron chi connectivity index (χ1n) is 6.15. The van der Waals surface area contributed by atoms with E-state index >= 15 is 0 Å². The molecule has 0 amide bonds. The quantitative estimate of drug-likeness (QED) is 0.752. The van der Waals surface area contributed by atoms with E-state index < -0.39 is 0 Å². The first-order valence-corrected chi connectivity index (χ1v) is 6.78. The lowest BCUT2D eigenvalue weighted by atomic mass is 9.84. The van der Waals surface area contributed by atoms with Crippen LogP contribution in [-0.2, 0) is 0 Å². The first-order chi connectivity index (χ1) is 8.08. The lowest BCUT2D eigenvalue weighted by Gasteiger charge is -2.35. The van der Waals surface area contributed by atoms with Crippen LogP contribution < -0.4 is 4.90 Å². The predicted octanol–water partition coefficient (Wildman–Crippen LogP) is 4.00. The van der Waals surface area contributed by atoms with E-state index in [9.17, 15) is 4.39 Å². The zero-order valence-corrected chi connectivity index (χ0v) is 11.8. The van der Waals surface area contributed by atoms with Crippen LogP contribution in [-0.4, -0.2) is 19.3 Å². The monoisotopic (exact) mass is 255 g/mol. The Kier molecular flexibility index (Phi) is 5.31. The Balaban J connectivity index is 2.84. The molecule has 3 heteroatoms. The maximum atomic E-state index is 13.7. The summed E-state index contributed by atoms with van der Waals surface area (Å²) in [5.74, 6) is 0.675. The molecule has 1 rings (SSSR count). The lowest BCUT2D eigenvalue weighted by molar-refractivity contribution is 0.314. The van der Waals surface area contributed by atoms with Crippen molar-refractivity contribution in [2.24, 2.45) is 5.41 Å². The molecule has 0 radical (unpaired) electrons. The predicted molar refractivity (Wildman–Crippen MR) is 76.5 cm³/mol. The lowest BCUT2D eigenvalue weighted by Crippen LogP contribution is -2.36. The Labute approximate surface area is 109 Å². The van der Waals surface area contributed by atoms with Crippen molar-refractivity contribution < 1.29 is 4.39 Å². The molecule has 0 atom stereocenters. The molecule has 0 aliphatic heterocycles. The minimum Gasteiger partial charge on any atom is -0.372 e.